The molecule has 21 heavy (non-hydrogen) atoms. The number of nitrogens with one attached hydrogen (secondary N) is 1. The van der Waals surface area contributed by atoms with Crippen molar-refractivity contribution in [2.45, 2.75) is 25.8 Å². The van der Waals surface area contributed by atoms with Gasteiger partial charge in [-0.15, -0.1) is 0 Å². The van der Waals surface area contributed by atoms with E-state index in [1.165, 1.54) is 18.5 Å². The van der Waals surface area contributed by atoms with E-state index in [1.54, 1.807) is 0 Å². The molecule has 1 aromatic carbocycles. The maximum Gasteiger partial charge on any atom is 0.0406 e. The second-order valence-corrected chi connectivity index (χ2v) is 6.26. The molecule has 0 aliphatic carbocycles. The van der Waals surface area contributed by atoms with Crippen molar-refractivity contribution < 1.29 is 0 Å². The van der Waals surface area contributed by atoms with E-state index in [0.29, 0.717) is 6.04 Å². The molecule has 0 spiro atoms. The third kappa shape index (κ3) is 7.28. The minimum absolute atomic E-state index is 0.390. The van der Waals surface area contributed by atoms with Gasteiger partial charge in [-0.3, -0.25) is 0 Å². The van der Waals surface area contributed by atoms with Gasteiger partial charge in [0.15, 0.2) is 0 Å². The van der Waals surface area contributed by atoms with Crippen LogP contribution in [-0.4, -0.2) is 57.1 Å². The third-order valence-electron chi connectivity index (χ3n) is 3.76. The molecule has 0 aliphatic heterocycles. The van der Waals surface area contributed by atoms with Gasteiger partial charge in [-0.2, -0.15) is 0 Å². The third-order valence-corrected chi connectivity index (χ3v) is 4.01. The number of hydrogen-bond acceptors (Lipinski definition) is 3. The number of likely N-dealkylation sites (N-methyl/N-ethyl adjacent to an activating group) is 1. The molecule has 0 bridgehead atoms. The highest BCUT2D eigenvalue weighted by molar-refractivity contribution is 6.30. The minimum atomic E-state index is 0.390. The zero-order valence-electron chi connectivity index (χ0n) is 13.9. The van der Waals surface area contributed by atoms with Crippen LogP contribution < -0.4 is 5.32 Å². The van der Waals surface area contributed by atoms with Crippen LogP contribution in [0.15, 0.2) is 24.3 Å². The van der Waals surface area contributed by atoms with Gasteiger partial charge in [0, 0.05) is 24.2 Å². The highest BCUT2D eigenvalue weighted by Crippen LogP contribution is 2.19. The molecule has 3 nitrogen and oxygen atoms in total. The first-order valence-corrected chi connectivity index (χ1v) is 8.24. The van der Waals surface area contributed by atoms with Gasteiger partial charge in [-0.1, -0.05) is 30.7 Å². The smallest absolute Gasteiger partial charge is 0.0406 e. The lowest BCUT2D eigenvalue weighted by Gasteiger charge is -2.26. The number of nitrogens with zero attached hydrogens (tertiary/aromatic N) is 2. The van der Waals surface area contributed by atoms with Crippen molar-refractivity contribution in [2.24, 2.45) is 0 Å². The number of hydrogen-bond donors (Lipinski definition) is 1. The summed E-state index contributed by atoms with van der Waals surface area (Å²) in [5.74, 6) is 0. The molecule has 1 N–H and O–H groups in total. The van der Waals surface area contributed by atoms with E-state index < -0.39 is 0 Å². The Hall–Kier alpha value is -0.610. The van der Waals surface area contributed by atoms with E-state index in [-0.39, 0.29) is 0 Å². The first-order chi connectivity index (χ1) is 10.1. The fraction of sp³-hybridized carbons (Fsp3) is 0.647. The van der Waals surface area contributed by atoms with Crippen LogP contribution in [0.4, 0.5) is 0 Å². The van der Waals surface area contributed by atoms with Crippen LogP contribution in [0.1, 0.15) is 31.4 Å². The van der Waals surface area contributed by atoms with E-state index in [9.17, 15) is 0 Å². The van der Waals surface area contributed by atoms with Crippen LogP contribution >= 0.6 is 11.6 Å². The summed E-state index contributed by atoms with van der Waals surface area (Å²) >= 11 is 5.97. The van der Waals surface area contributed by atoms with E-state index in [1.807, 2.05) is 19.2 Å². The fourth-order valence-corrected chi connectivity index (χ4v) is 2.60. The summed E-state index contributed by atoms with van der Waals surface area (Å²) in [5.41, 5.74) is 1.31. The molecular weight excluding hydrogens is 282 g/mol. The Morgan fingerprint density at radius 1 is 1.05 bits per heavy atom. The lowest BCUT2D eigenvalue weighted by atomic mass is 10.0. The van der Waals surface area contributed by atoms with Gasteiger partial charge < -0.3 is 15.1 Å². The predicted octanol–water partition coefficient (Wildman–Crippen LogP) is 3.26. The number of halogens is 1. The van der Waals surface area contributed by atoms with Crippen molar-refractivity contribution in [1.29, 1.82) is 0 Å². The van der Waals surface area contributed by atoms with Crippen LogP contribution in [0.5, 0.6) is 0 Å². The van der Waals surface area contributed by atoms with Crippen LogP contribution in [-0.2, 0) is 0 Å². The van der Waals surface area contributed by atoms with E-state index in [4.69, 9.17) is 11.6 Å². The molecule has 0 aliphatic rings. The molecule has 1 unspecified atom stereocenters. The van der Waals surface area contributed by atoms with Gasteiger partial charge in [-0.25, -0.2) is 0 Å². The SMILES string of the molecule is CCCN(CCC(NC)c1ccc(Cl)cc1)CCN(C)C. The zero-order chi connectivity index (χ0) is 15.7. The maximum atomic E-state index is 5.97. The summed E-state index contributed by atoms with van der Waals surface area (Å²) in [6.07, 6.45) is 2.32. The van der Waals surface area contributed by atoms with E-state index >= 15 is 0 Å². The summed E-state index contributed by atoms with van der Waals surface area (Å²) < 4.78 is 0. The summed E-state index contributed by atoms with van der Waals surface area (Å²) in [5, 5.41) is 4.22. The molecule has 1 rings (SSSR count). The summed E-state index contributed by atoms with van der Waals surface area (Å²) in [7, 11) is 6.30. The van der Waals surface area contributed by atoms with Crippen LogP contribution in [0.25, 0.3) is 0 Å². The second-order valence-electron chi connectivity index (χ2n) is 5.83. The van der Waals surface area contributed by atoms with Crippen molar-refractivity contribution in [3.8, 4) is 0 Å². The van der Waals surface area contributed by atoms with Crippen molar-refractivity contribution in [1.82, 2.24) is 15.1 Å². The molecule has 0 saturated heterocycles. The highest BCUT2D eigenvalue weighted by Gasteiger charge is 2.12. The Kier molecular flexibility index (Phi) is 8.93. The molecule has 0 amide bonds. The standard InChI is InChI=1S/C17H30ClN3/c1-5-11-21(14-13-20(3)4)12-10-17(19-2)15-6-8-16(18)9-7-15/h6-9,17,19H,5,10-14H2,1-4H3. The Labute approximate surface area is 135 Å². The fourth-order valence-electron chi connectivity index (χ4n) is 2.48. The maximum absolute atomic E-state index is 5.97. The molecular formula is C17H30ClN3. The Morgan fingerprint density at radius 3 is 2.24 bits per heavy atom. The monoisotopic (exact) mass is 311 g/mol. The van der Waals surface area contributed by atoms with Gasteiger partial charge in [0.05, 0.1) is 0 Å². The molecule has 0 fully saturated rings. The Balaban J connectivity index is 2.52. The Morgan fingerprint density at radius 2 is 1.71 bits per heavy atom. The quantitative estimate of drug-likeness (QED) is 0.715. The van der Waals surface area contributed by atoms with Gasteiger partial charge in [0.1, 0.15) is 0 Å². The van der Waals surface area contributed by atoms with Crippen molar-refractivity contribution in [3.63, 3.8) is 0 Å². The molecule has 1 atom stereocenters. The lowest BCUT2D eigenvalue weighted by molar-refractivity contribution is 0.230. The van der Waals surface area contributed by atoms with Crippen molar-refractivity contribution >= 4 is 11.6 Å². The first-order valence-electron chi connectivity index (χ1n) is 7.86. The average molecular weight is 312 g/mol. The molecule has 0 saturated carbocycles. The topological polar surface area (TPSA) is 18.5 Å². The molecule has 4 heteroatoms. The van der Waals surface area contributed by atoms with Crippen LogP contribution in [0.2, 0.25) is 5.02 Å². The van der Waals surface area contributed by atoms with Gasteiger partial charge in [0.2, 0.25) is 0 Å². The normalized spacial score (nSPS) is 13.1. The Bertz CT molecular complexity index is 378. The van der Waals surface area contributed by atoms with Crippen LogP contribution in [0.3, 0.4) is 0 Å². The predicted molar refractivity (Wildman–Crippen MR) is 93.2 cm³/mol. The summed E-state index contributed by atoms with van der Waals surface area (Å²) in [4.78, 5) is 4.80. The number of rotatable bonds is 10. The molecule has 120 valence electrons. The van der Waals surface area contributed by atoms with Gasteiger partial charge >= 0.3 is 0 Å². The average Bonchev–Trinajstić information content (AvgIpc) is 2.46. The minimum Gasteiger partial charge on any atom is -0.313 e. The van der Waals surface area contributed by atoms with E-state index in [0.717, 1.165) is 31.1 Å². The molecule has 0 radical (unpaired) electrons. The van der Waals surface area contributed by atoms with E-state index in [2.05, 4.69) is 48.3 Å². The van der Waals surface area contributed by atoms with Gasteiger partial charge in [-0.05, 0) is 64.8 Å². The lowest BCUT2D eigenvalue weighted by Crippen LogP contribution is -2.34. The zero-order valence-corrected chi connectivity index (χ0v) is 14.7. The van der Waals surface area contributed by atoms with Crippen LogP contribution in [0, 0.1) is 0 Å². The van der Waals surface area contributed by atoms with Crippen molar-refractivity contribution in [2.75, 3.05) is 47.3 Å². The number of benzene rings is 1. The second kappa shape index (κ2) is 10.2. The van der Waals surface area contributed by atoms with Crippen molar-refractivity contribution in [3.05, 3.63) is 34.9 Å². The molecule has 0 heterocycles. The molecule has 1 aromatic rings. The molecule has 0 aromatic heterocycles. The van der Waals surface area contributed by atoms with Gasteiger partial charge in [0.25, 0.3) is 0 Å². The first kappa shape index (κ1) is 18.4. The summed E-state index contributed by atoms with van der Waals surface area (Å²) in [6.45, 7) is 6.79. The highest BCUT2D eigenvalue weighted by atomic mass is 35.5. The largest absolute Gasteiger partial charge is 0.313 e. The summed E-state index contributed by atoms with van der Waals surface area (Å²) in [6, 6.07) is 8.57.